The van der Waals surface area contributed by atoms with Gasteiger partial charge in [-0.05, 0) is 6.07 Å². The van der Waals surface area contributed by atoms with E-state index >= 15 is 0 Å². The van der Waals surface area contributed by atoms with Crippen molar-refractivity contribution in [3.63, 3.8) is 0 Å². The van der Waals surface area contributed by atoms with Crippen molar-refractivity contribution in [3.8, 4) is 11.4 Å². The van der Waals surface area contributed by atoms with Gasteiger partial charge in [-0.2, -0.15) is 0 Å². The first-order chi connectivity index (χ1) is 10.1. The summed E-state index contributed by atoms with van der Waals surface area (Å²) in [7, 11) is 1.56. The molecule has 0 spiro atoms. The van der Waals surface area contributed by atoms with E-state index in [9.17, 15) is 10.1 Å². The van der Waals surface area contributed by atoms with Crippen LogP contribution >= 0.6 is 23.2 Å². The maximum atomic E-state index is 11.2. The maximum Gasteiger partial charge on any atom is 0.281 e. The van der Waals surface area contributed by atoms with Gasteiger partial charge in [-0.15, -0.1) is 21.8 Å². The minimum Gasteiger partial charge on any atom is -0.383 e. The van der Waals surface area contributed by atoms with Crippen LogP contribution in [0.4, 0.5) is 5.69 Å². The van der Waals surface area contributed by atoms with Crippen molar-refractivity contribution in [3.05, 3.63) is 39.2 Å². The molecule has 2 aromatic rings. The van der Waals surface area contributed by atoms with Crippen LogP contribution in [0.2, 0.25) is 5.02 Å². The zero-order valence-electron chi connectivity index (χ0n) is 11.1. The van der Waals surface area contributed by atoms with E-state index in [1.165, 1.54) is 12.1 Å². The molecule has 9 heteroatoms. The summed E-state index contributed by atoms with van der Waals surface area (Å²) in [6.07, 6.45) is 0. The molecular formula is C12H12Cl2N4O3. The standard InChI is InChI=1S/C12H12Cl2N4O3/c1-21-6-5-17-10(7-13)15-16-12(17)11-8(14)3-2-4-9(11)18(19)20/h2-4H,5-7H2,1H3. The van der Waals surface area contributed by atoms with E-state index < -0.39 is 4.92 Å². The van der Waals surface area contributed by atoms with E-state index in [0.717, 1.165) is 0 Å². The number of nitro benzene ring substituents is 1. The number of halogens is 2. The van der Waals surface area contributed by atoms with Crippen LogP contribution < -0.4 is 0 Å². The quantitative estimate of drug-likeness (QED) is 0.462. The fraction of sp³-hybridized carbons (Fsp3) is 0.333. The number of alkyl halides is 1. The fourth-order valence-electron chi connectivity index (χ4n) is 1.92. The van der Waals surface area contributed by atoms with Gasteiger partial charge >= 0.3 is 0 Å². The molecule has 0 bridgehead atoms. The molecule has 21 heavy (non-hydrogen) atoms. The summed E-state index contributed by atoms with van der Waals surface area (Å²) in [5, 5.41) is 19.4. The van der Waals surface area contributed by atoms with Gasteiger partial charge in [0.1, 0.15) is 11.4 Å². The van der Waals surface area contributed by atoms with Crippen molar-refractivity contribution < 1.29 is 9.66 Å². The molecule has 2 rings (SSSR count). The molecule has 1 heterocycles. The van der Waals surface area contributed by atoms with Crippen LogP contribution in [-0.2, 0) is 17.2 Å². The number of nitrogens with zero attached hydrogens (tertiary/aromatic N) is 4. The van der Waals surface area contributed by atoms with Gasteiger partial charge in [0.05, 0.1) is 22.4 Å². The van der Waals surface area contributed by atoms with Crippen LogP contribution in [-0.4, -0.2) is 33.4 Å². The lowest BCUT2D eigenvalue weighted by Crippen LogP contribution is -2.10. The Labute approximate surface area is 130 Å². The summed E-state index contributed by atoms with van der Waals surface area (Å²) in [6, 6.07) is 4.46. The summed E-state index contributed by atoms with van der Waals surface area (Å²) >= 11 is 11.9. The average molecular weight is 331 g/mol. The zero-order valence-corrected chi connectivity index (χ0v) is 12.6. The first-order valence-electron chi connectivity index (χ1n) is 6.00. The highest BCUT2D eigenvalue weighted by Gasteiger charge is 2.24. The molecule has 1 aromatic heterocycles. The van der Waals surface area contributed by atoms with Gasteiger partial charge in [0, 0.05) is 19.7 Å². The molecule has 1 aromatic carbocycles. The lowest BCUT2D eigenvalue weighted by molar-refractivity contribution is -0.384. The van der Waals surface area contributed by atoms with Crippen molar-refractivity contribution in [2.45, 2.75) is 12.4 Å². The Hall–Kier alpha value is -1.70. The molecule has 0 saturated carbocycles. The molecule has 0 radical (unpaired) electrons. The van der Waals surface area contributed by atoms with Gasteiger partial charge in [0.15, 0.2) is 5.82 Å². The summed E-state index contributed by atoms with van der Waals surface area (Å²) < 4.78 is 6.70. The summed E-state index contributed by atoms with van der Waals surface area (Å²) in [4.78, 5) is 10.7. The largest absolute Gasteiger partial charge is 0.383 e. The van der Waals surface area contributed by atoms with Crippen LogP contribution in [0.1, 0.15) is 5.82 Å². The van der Waals surface area contributed by atoms with E-state index in [-0.39, 0.29) is 22.2 Å². The third-order valence-corrected chi connectivity index (χ3v) is 3.43. The average Bonchev–Trinajstić information content (AvgIpc) is 2.87. The molecule has 0 saturated heterocycles. The van der Waals surface area contributed by atoms with Gasteiger partial charge in [-0.25, -0.2) is 0 Å². The summed E-state index contributed by atoms with van der Waals surface area (Å²) in [5.41, 5.74) is 0.0961. The molecule has 7 nitrogen and oxygen atoms in total. The third-order valence-electron chi connectivity index (χ3n) is 2.88. The Balaban J connectivity index is 2.61. The van der Waals surface area contributed by atoms with Crippen LogP contribution in [0.25, 0.3) is 11.4 Å². The lowest BCUT2D eigenvalue weighted by Gasteiger charge is -2.10. The number of nitro groups is 1. The Morgan fingerprint density at radius 3 is 2.81 bits per heavy atom. The van der Waals surface area contributed by atoms with E-state index in [4.69, 9.17) is 27.9 Å². The number of hydrogen-bond acceptors (Lipinski definition) is 5. The van der Waals surface area contributed by atoms with Gasteiger partial charge < -0.3 is 9.30 Å². The molecule has 0 aliphatic rings. The fourth-order valence-corrected chi connectivity index (χ4v) is 2.37. The highest BCUT2D eigenvalue weighted by molar-refractivity contribution is 6.33. The minimum atomic E-state index is -0.503. The van der Waals surface area contributed by atoms with Crippen molar-refractivity contribution in [1.82, 2.24) is 14.8 Å². The second kappa shape index (κ2) is 6.84. The third kappa shape index (κ3) is 3.15. The Morgan fingerprint density at radius 1 is 1.43 bits per heavy atom. The second-order valence-electron chi connectivity index (χ2n) is 4.11. The maximum absolute atomic E-state index is 11.2. The van der Waals surface area contributed by atoms with Crippen molar-refractivity contribution >= 4 is 28.9 Å². The van der Waals surface area contributed by atoms with Crippen LogP contribution in [0, 0.1) is 10.1 Å². The monoisotopic (exact) mass is 330 g/mol. The number of hydrogen-bond donors (Lipinski definition) is 0. The van der Waals surface area contributed by atoms with Crippen molar-refractivity contribution in [1.29, 1.82) is 0 Å². The van der Waals surface area contributed by atoms with Gasteiger partial charge in [-0.3, -0.25) is 10.1 Å². The minimum absolute atomic E-state index is 0.130. The predicted molar refractivity (Wildman–Crippen MR) is 78.6 cm³/mol. The van der Waals surface area contributed by atoms with Crippen molar-refractivity contribution in [2.24, 2.45) is 0 Å². The number of rotatable bonds is 6. The highest BCUT2D eigenvalue weighted by atomic mass is 35.5. The molecule has 0 N–H and O–H groups in total. The van der Waals surface area contributed by atoms with Gasteiger partial charge in [0.25, 0.3) is 5.69 Å². The molecule has 0 fully saturated rings. The summed E-state index contributed by atoms with van der Waals surface area (Å²) in [5.74, 6) is 0.938. The van der Waals surface area contributed by atoms with E-state index in [1.54, 1.807) is 17.7 Å². The number of ether oxygens (including phenoxy) is 1. The van der Waals surface area contributed by atoms with Gasteiger partial charge in [0.2, 0.25) is 0 Å². The van der Waals surface area contributed by atoms with E-state index in [1.807, 2.05) is 0 Å². The Kier molecular flexibility index (Phi) is 5.11. The van der Waals surface area contributed by atoms with Crippen LogP contribution in [0.3, 0.4) is 0 Å². The van der Waals surface area contributed by atoms with E-state index in [2.05, 4.69) is 10.2 Å². The second-order valence-corrected chi connectivity index (χ2v) is 4.78. The first kappa shape index (κ1) is 15.7. The Bertz CT molecular complexity index is 660. The molecule has 0 amide bonds. The SMILES string of the molecule is COCCn1c(CCl)nnc1-c1c(Cl)cccc1[N+](=O)[O-]. The van der Waals surface area contributed by atoms with Crippen LogP contribution in [0.5, 0.6) is 0 Å². The molecule has 0 atom stereocenters. The zero-order chi connectivity index (χ0) is 15.4. The number of benzene rings is 1. The summed E-state index contributed by atoms with van der Waals surface area (Å²) in [6.45, 7) is 0.816. The predicted octanol–water partition coefficient (Wildman–Crippen LogP) is 2.89. The molecule has 112 valence electrons. The van der Waals surface area contributed by atoms with Gasteiger partial charge in [-0.1, -0.05) is 17.7 Å². The lowest BCUT2D eigenvalue weighted by atomic mass is 10.1. The topological polar surface area (TPSA) is 83.1 Å². The highest BCUT2D eigenvalue weighted by Crippen LogP contribution is 2.35. The molecule has 0 aliphatic heterocycles. The van der Waals surface area contributed by atoms with Crippen molar-refractivity contribution in [2.75, 3.05) is 13.7 Å². The normalized spacial score (nSPS) is 10.8. The smallest absolute Gasteiger partial charge is 0.281 e. The number of methoxy groups -OCH3 is 1. The first-order valence-corrected chi connectivity index (χ1v) is 6.91. The molecular weight excluding hydrogens is 319 g/mol. The Morgan fingerprint density at radius 2 is 2.19 bits per heavy atom. The number of aromatic nitrogens is 3. The van der Waals surface area contributed by atoms with Crippen LogP contribution in [0.15, 0.2) is 18.2 Å². The molecule has 0 aliphatic carbocycles. The van der Waals surface area contributed by atoms with E-state index in [0.29, 0.717) is 24.8 Å². The molecule has 0 unspecified atom stereocenters.